The third kappa shape index (κ3) is 4.17. The van der Waals surface area contributed by atoms with Crippen LogP contribution in [0, 0.1) is 18.4 Å². The van der Waals surface area contributed by atoms with Crippen LogP contribution in [0.15, 0.2) is 48.5 Å². The van der Waals surface area contributed by atoms with Crippen LogP contribution in [0.5, 0.6) is 5.75 Å². The van der Waals surface area contributed by atoms with Crippen molar-refractivity contribution in [1.29, 1.82) is 0 Å². The van der Waals surface area contributed by atoms with Crippen molar-refractivity contribution in [2.45, 2.75) is 57.0 Å². The molecular weight excluding hydrogens is 394 g/mol. The summed E-state index contributed by atoms with van der Waals surface area (Å²) in [7, 11) is 0. The molecule has 5 rings (SSSR count). The lowest BCUT2D eigenvalue weighted by Crippen LogP contribution is -2.53. The van der Waals surface area contributed by atoms with Gasteiger partial charge in [-0.05, 0) is 80.3 Å². The van der Waals surface area contributed by atoms with Crippen LogP contribution >= 0.6 is 0 Å². The Morgan fingerprint density at radius 3 is 2.44 bits per heavy atom. The molecule has 1 saturated heterocycles. The molecule has 2 heterocycles. The van der Waals surface area contributed by atoms with Crippen molar-refractivity contribution in [2.24, 2.45) is 11.8 Å². The van der Waals surface area contributed by atoms with Gasteiger partial charge in [-0.2, -0.15) is 0 Å². The van der Waals surface area contributed by atoms with Gasteiger partial charge < -0.3 is 15.0 Å². The summed E-state index contributed by atoms with van der Waals surface area (Å²) in [6, 6.07) is 16.6. The Bertz CT molecular complexity index is 936. The summed E-state index contributed by atoms with van der Waals surface area (Å²) in [5.41, 5.74) is 4.01. The zero-order valence-electron chi connectivity index (χ0n) is 19.1. The molecule has 32 heavy (non-hydrogen) atoms. The van der Waals surface area contributed by atoms with Crippen molar-refractivity contribution in [3.05, 3.63) is 71.1 Å². The minimum atomic E-state index is 0.208. The first-order chi connectivity index (χ1) is 15.8. The Hall–Kier alpha value is -2.35. The lowest BCUT2D eigenvalue weighted by Gasteiger charge is -2.47. The molecule has 2 aromatic carbocycles. The van der Waals surface area contributed by atoms with E-state index in [4.69, 9.17) is 11.3 Å². The highest BCUT2D eigenvalue weighted by Crippen LogP contribution is 2.51. The molecule has 4 nitrogen and oxygen atoms in total. The molecule has 1 saturated carbocycles. The van der Waals surface area contributed by atoms with Gasteiger partial charge >= 0.3 is 0 Å². The molecule has 3 aliphatic rings. The van der Waals surface area contributed by atoms with E-state index in [1.54, 1.807) is 5.56 Å². The van der Waals surface area contributed by atoms with Gasteiger partial charge in [-0.15, -0.1) is 0 Å². The molecule has 0 radical (unpaired) electrons. The summed E-state index contributed by atoms with van der Waals surface area (Å²) in [6.07, 6.45) is 9.19. The molecule has 1 unspecified atom stereocenters. The monoisotopic (exact) mass is 429 g/mol. The van der Waals surface area contributed by atoms with Gasteiger partial charge in [0.05, 0.1) is 13.2 Å². The number of nitrogens with zero attached hydrogens (tertiary/aromatic N) is 2. The van der Waals surface area contributed by atoms with E-state index in [2.05, 4.69) is 39.3 Å². The van der Waals surface area contributed by atoms with Crippen LogP contribution in [0.4, 0.5) is 5.69 Å². The van der Waals surface area contributed by atoms with Gasteiger partial charge in [0.15, 0.2) is 5.69 Å². The smallest absolute Gasteiger partial charge is 0.187 e. The third-order valence-electron chi connectivity index (χ3n) is 8.12. The normalized spacial score (nSPS) is 24.3. The summed E-state index contributed by atoms with van der Waals surface area (Å²) in [6.45, 7) is 12.3. The number of hydrogen-bond acceptors (Lipinski definition) is 3. The van der Waals surface area contributed by atoms with Gasteiger partial charge in [-0.1, -0.05) is 49.2 Å². The maximum absolute atomic E-state index is 7.04. The summed E-state index contributed by atoms with van der Waals surface area (Å²) in [5, 5.41) is 4.08. The second-order valence-corrected chi connectivity index (χ2v) is 9.78. The quantitative estimate of drug-likeness (QED) is 0.438. The molecule has 4 heteroatoms. The molecule has 1 N–H and O–H groups in total. The van der Waals surface area contributed by atoms with Gasteiger partial charge in [-0.25, -0.2) is 4.85 Å². The predicted octanol–water partition coefficient (Wildman–Crippen LogP) is 5.91. The van der Waals surface area contributed by atoms with Gasteiger partial charge in [0.25, 0.3) is 0 Å². The lowest BCUT2D eigenvalue weighted by molar-refractivity contribution is 0.0666. The van der Waals surface area contributed by atoms with Crippen LogP contribution in [0.2, 0.25) is 0 Å². The van der Waals surface area contributed by atoms with Gasteiger partial charge in [0.2, 0.25) is 0 Å². The fourth-order valence-corrected chi connectivity index (χ4v) is 6.56. The number of rotatable bonds is 7. The Morgan fingerprint density at radius 2 is 1.69 bits per heavy atom. The topological polar surface area (TPSA) is 28.9 Å². The first kappa shape index (κ1) is 21.5. The van der Waals surface area contributed by atoms with E-state index < -0.39 is 0 Å². The second-order valence-electron chi connectivity index (χ2n) is 9.78. The Balaban J connectivity index is 1.15. The van der Waals surface area contributed by atoms with E-state index in [1.807, 2.05) is 24.3 Å². The van der Waals surface area contributed by atoms with Crippen LogP contribution in [0.3, 0.4) is 0 Å². The van der Waals surface area contributed by atoms with Crippen LogP contribution in [-0.2, 0) is 12.1 Å². The van der Waals surface area contributed by atoms with Crippen molar-refractivity contribution in [3.63, 3.8) is 0 Å². The molecule has 1 atom stereocenters. The molecule has 0 bridgehead atoms. The molecule has 0 spiro atoms. The maximum Gasteiger partial charge on any atom is 0.187 e. The van der Waals surface area contributed by atoms with Crippen molar-refractivity contribution in [2.75, 3.05) is 26.2 Å². The molecule has 1 aliphatic carbocycles. The van der Waals surface area contributed by atoms with Gasteiger partial charge in [-0.3, -0.25) is 0 Å². The first-order valence-corrected chi connectivity index (χ1v) is 12.5. The van der Waals surface area contributed by atoms with E-state index in [0.717, 1.165) is 43.7 Å². The number of hydrogen-bond donors (Lipinski definition) is 1. The van der Waals surface area contributed by atoms with E-state index >= 15 is 0 Å². The minimum absolute atomic E-state index is 0.208. The van der Waals surface area contributed by atoms with E-state index in [-0.39, 0.29) is 5.54 Å². The molecule has 168 valence electrons. The zero-order valence-corrected chi connectivity index (χ0v) is 19.1. The van der Waals surface area contributed by atoms with Gasteiger partial charge in [0, 0.05) is 18.6 Å². The molecule has 2 aromatic rings. The Morgan fingerprint density at radius 1 is 0.969 bits per heavy atom. The predicted molar refractivity (Wildman–Crippen MR) is 129 cm³/mol. The van der Waals surface area contributed by atoms with E-state index in [0.29, 0.717) is 5.69 Å². The molecule has 2 aliphatic heterocycles. The fourth-order valence-electron chi connectivity index (χ4n) is 6.56. The Kier molecular flexibility index (Phi) is 6.48. The first-order valence-electron chi connectivity index (χ1n) is 12.5. The second kappa shape index (κ2) is 9.65. The summed E-state index contributed by atoms with van der Waals surface area (Å²) < 4.78 is 5.88. The fraction of sp³-hybridized carbons (Fsp3) is 0.536. The average Bonchev–Trinajstić information content (AvgIpc) is 3.52. The van der Waals surface area contributed by atoms with Crippen molar-refractivity contribution < 1.29 is 4.74 Å². The summed E-state index contributed by atoms with van der Waals surface area (Å²) >= 11 is 0. The number of fused-ring (bicyclic) bond motifs is 1. The maximum atomic E-state index is 7.04. The van der Waals surface area contributed by atoms with E-state index in [1.165, 1.54) is 57.2 Å². The number of ether oxygens (including phenoxy) is 1. The highest BCUT2D eigenvalue weighted by molar-refractivity contribution is 5.47. The van der Waals surface area contributed by atoms with Crippen molar-refractivity contribution in [3.8, 4) is 5.75 Å². The molecule has 0 amide bonds. The SMILES string of the molecule is [C-]#[N+]c1ccc(OCCCN2CCC(C3(C4CCCC4)NCc4ccccc43)CC2)cc1. The molecular formula is C28H35N3O. The van der Waals surface area contributed by atoms with Crippen molar-refractivity contribution in [1.82, 2.24) is 10.2 Å². The number of piperidine rings is 1. The minimum Gasteiger partial charge on any atom is -0.494 e. The third-order valence-corrected chi connectivity index (χ3v) is 8.12. The van der Waals surface area contributed by atoms with E-state index in [9.17, 15) is 0 Å². The molecule has 2 fully saturated rings. The van der Waals surface area contributed by atoms with Crippen LogP contribution < -0.4 is 10.1 Å². The zero-order chi connectivity index (χ0) is 21.8. The Labute approximate surface area is 192 Å². The van der Waals surface area contributed by atoms with Crippen LogP contribution in [0.1, 0.15) is 56.1 Å². The summed E-state index contributed by atoms with van der Waals surface area (Å²) in [4.78, 5) is 6.06. The summed E-state index contributed by atoms with van der Waals surface area (Å²) in [5.74, 6) is 2.40. The average molecular weight is 430 g/mol. The highest BCUT2D eigenvalue weighted by Gasteiger charge is 2.50. The molecule has 0 aromatic heterocycles. The van der Waals surface area contributed by atoms with Gasteiger partial charge in [0.1, 0.15) is 5.75 Å². The standard InChI is InChI=1S/C28H35N3O/c1-29-25-11-13-26(14-12-25)32-20-6-17-31-18-15-24(16-19-31)28(23-8-3-4-9-23)27-10-5-2-7-22(27)21-30-28/h2,5,7,10-14,23-24,30H,3-4,6,8-9,15-21H2. The number of nitrogens with one attached hydrogen (secondary N) is 1. The van der Waals surface area contributed by atoms with Crippen LogP contribution in [0.25, 0.3) is 4.85 Å². The largest absolute Gasteiger partial charge is 0.494 e. The lowest BCUT2D eigenvalue weighted by atomic mass is 9.66. The van der Waals surface area contributed by atoms with Crippen LogP contribution in [-0.4, -0.2) is 31.1 Å². The number of likely N-dealkylation sites (tertiary alicyclic amines) is 1. The van der Waals surface area contributed by atoms with Crippen molar-refractivity contribution >= 4 is 5.69 Å². The highest BCUT2D eigenvalue weighted by atomic mass is 16.5. The number of benzene rings is 2.